The maximum atomic E-state index is 13.0. The Morgan fingerprint density at radius 2 is 1.90 bits per heavy atom. The van der Waals surface area contributed by atoms with Crippen LogP contribution >= 0.6 is 22.9 Å². The minimum Gasteiger partial charge on any atom is -0.352 e. The predicted molar refractivity (Wildman–Crippen MR) is 121 cm³/mol. The highest BCUT2D eigenvalue weighted by atomic mass is 35.5. The van der Waals surface area contributed by atoms with E-state index in [1.807, 2.05) is 12.3 Å². The number of nitrogens with zero attached hydrogens (tertiary/aromatic N) is 1. The number of anilines is 1. The van der Waals surface area contributed by atoms with Crippen LogP contribution in [0.25, 0.3) is 0 Å². The number of amides is 1. The number of halogens is 2. The second-order valence-corrected chi connectivity index (χ2v) is 9.85. The molecule has 3 aromatic rings. The molecule has 0 saturated carbocycles. The molecule has 1 aromatic heterocycles. The third kappa shape index (κ3) is 6.49. The molecule has 0 radical (unpaired) electrons. The van der Waals surface area contributed by atoms with Gasteiger partial charge in [0.15, 0.2) is 0 Å². The van der Waals surface area contributed by atoms with E-state index >= 15 is 0 Å². The topological polar surface area (TPSA) is 88.2 Å². The van der Waals surface area contributed by atoms with E-state index in [9.17, 15) is 17.6 Å². The number of aryl methyl sites for hydroxylation is 2. The standard InChI is InChI=1S/C21H21ClFN3O3S2/c1-14-13-30-20(25-14)4-2-3-11-24-21(27)15-5-10-18(22)19(12-15)31(28,29)26-17-8-6-16(23)7-9-17/h5-10,12-13,26H,2-4,11H2,1H3,(H,24,27). The molecule has 0 atom stereocenters. The SMILES string of the molecule is Cc1csc(CCCCNC(=O)c2ccc(Cl)c(S(=O)(=O)Nc3ccc(F)cc3)c2)n1. The summed E-state index contributed by atoms with van der Waals surface area (Å²) < 4.78 is 40.8. The predicted octanol–water partition coefficient (Wildman–Crippen LogP) is 4.80. The number of thiazole rings is 1. The minimum absolute atomic E-state index is 0.0232. The Labute approximate surface area is 189 Å². The van der Waals surface area contributed by atoms with E-state index in [1.54, 1.807) is 11.3 Å². The molecule has 0 aliphatic heterocycles. The Bertz CT molecular complexity index is 1160. The molecule has 0 aliphatic rings. The van der Waals surface area contributed by atoms with Crippen molar-refractivity contribution in [2.45, 2.75) is 31.1 Å². The summed E-state index contributed by atoms with van der Waals surface area (Å²) >= 11 is 7.69. The largest absolute Gasteiger partial charge is 0.352 e. The molecule has 0 bridgehead atoms. The minimum atomic E-state index is -4.06. The Morgan fingerprint density at radius 1 is 1.16 bits per heavy atom. The number of unbranched alkanes of at least 4 members (excludes halogenated alkanes) is 1. The molecule has 10 heteroatoms. The lowest BCUT2D eigenvalue weighted by molar-refractivity contribution is 0.0953. The molecule has 3 rings (SSSR count). The molecular formula is C21H21ClFN3O3S2. The van der Waals surface area contributed by atoms with Gasteiger partial charge < -0.3 is 5.32 Å². The van der Waals surface area contributed by atoms with Gasteiger partial charge in [-0.1, -0.05) is 11.6 Å². The third-order valence-corrected chi connectivity index (χ3v) is 7.24. The van der Waals surface area contributed by atoms with Crippen LogP contribution in [-0.4, -0.2) is 25.9 Å². The fourth-order valence-corrected chi connectivity index (χ4v) is 5.20. The van der Waals surface area contributed by atoms with Gasteiger partial charge in [-0.05, 0) is 68.7 Å². The maximum Gasteiger partial charge on any atom is 0.263 e. The van der Waals surface area contributed by atoms with E-state index in [1.165, 1.54) is 30.3 Å². The first-order valence-electron chi connectivity index (χ1n) is 9.52. The van der Waals surface area contributed by atoms with E-state index in [4.69, 9.17) is 11.6 Å². The van der Waals surface area contributed by atoms with Crippen molar-refractivity contribution in [3.8, 4) is 0 Å². The zero-order valence-electron chi connectivity index (χ0n) is 16.7. The summed E-state index contributed by atoms with van der Waals surface area (Å²) in [5.41, 5.74) is 1.37. The number of nitrogens with one attached hydrogen (secondary N) is 2. The van der Waals surface area contributed by atoms with Gasteiger partial charge in [0.25, 0.3) is 15.9 Å². The van der Waals surface area contributed by atoms with Crippen molar-refractivity contribution < 1.29 is 17.6 Å². The fourth-order valence-electron chi connectivity index (χ4n) is 2.80. The van der Waals surface area contributed by atoms with Crippen molar-refractivity contribution in [2.75, 3.05) is 11.3 Å². The van der Waals surface area contributed by atoms with Crippen molar-refractivity contribution in [1.82, 2.24) is 10.3 Å². The molecule has 164 valence electrons. The Balaban J connectivity index is 1.59. The van der Waals surface area contributed by atoms with Crippen molar-refractivity contribution >= 4 is 44.6 Å². The van der Waals surface area contributed by atoms with Crippen LogP contribution in [0.5, 0.6) is 0 Å². The van der Waals surface area contributed by atoms with Gasteiger partial charge in [-0.2, -0.15) is 0 Å². The molecule has 31 heavy (non-hydrogen) atoms. The van der Waals surface area contributed by atoms with Crippen LogP contribution in [0.2, 0.25) is 5.02 Å². The van der Waals surface area contributed by atoms with Crippen LogP contribution in [0.15, 0.2) is 52.7 Å². The number of rotatable bonds is 9. The number of carbonyl (C=O) groups is 1. The van der Waals surface area contributed by atoms with Crippen LogP contribution in [0.1, 0.15) is 33.9 Å². The summed E-state index contributed by atoms with van der Waals surface area (Å²) in [5.74, 6) is -0.874. The van der Waals surface area contributed by atoms with Gasteiger partial charge in [-0.15, -0.1) is 11.3 Å². The van der Waals surface area contributed by atoms with Crippen molar-refractivity contribution in [3.63, 3.8) is 0 Å². The smallest absolute Gasteiger partial charge is 0.263 e. The number of aromatic nitrogens is 1. The van der Waals surface area contributed by atoms with Crippen molar-refractivity contribution in [1.29, 1.82) is 0 Å². The zero-order chi connectivity index (χ0) is 22.4. The monoisotopic (exact) mass is 481 g/mol. The van der Waals surface area contributed by atoms with E-state index < -0.39 is 15.8 Å². The van der Waals surface area contributed by atoms with Crippen LogP contribution in [-0.2, 0) is 16.4 Å². The number of carbonyl (C=O) groups excluding carboxylic acids is 1. The van der Waals surface area contributed by atoms with E-state index in [0.717, 1.165) is 42.1 Å². The van der Waals surface area contributed by atoms with Gasteiger partial charge in [-0.3, -0.25) is 9.52 Å². The number of hydrogen-bond donors (Lipinski definition) is 2. The third-order valence-electron chi connectivity index (χ3n) is 4.35. The van der Waals surface area contributed by atoms with E-state index in [-0.39, 0.29) is 27.1 Å². The molecule has 0 unspecified atom stereocenters. The Morgan fingerprint density at radius 3 is 2.58 bits per heavy atom. The van der Waals surface area contributed by atoms with Crippen LogP contribution in [0.3, 0.4) is 0 Å². The molecule has 2 N–H and O–H groups in total. The number of benzene rings is 2. The first-order valence-corrected chi connectivity index (χ1v) is 12.3. The lowest BCUT2D eigenvalue weighted by atomic mass is 10.2. The van der Waals surface area contributed by atoms with Gasteiger partial charge in [-0.25, -0.2) is 17.8 Å². The summed E-state index contributed by atoms with van der Waals surface area (Å²) in [5, 5.41) is 5.85. The number of hydrogen-bond acceptors (Lipinski definition) is 5. The molecule has 6 nitrogen and oxygen atoms in total. The lowest BCUT2D eigenvalue weighted by Gasteiger charge is -2.11. The first-order chi connectivity index (χ1) is 14.7. The molecule has 0 aliphatic carbocycles. The molecular weight excluding hydrogens is 461 g/mol. The molecule has 1 heterocycles. The summed E-state index contributed by atoms with van der Waals surface area (Å²) in [4.78, 5) is 16.6. The van der Waals surface area contributed by atoms with Gasteiger partial charge in [0.2, 0.25) is 0 Å². The highest BCUT2D eigenvalue weighted by Gasteiger charge is 2.20. The molecule has 1 amide bonds. The molecule has 2 aromatic carbocycles. The average molecular weight is 482 g/mol. The average Bonchev–Trinajstić information content (AvgIpc) is 3.14. The molecule has 0 saturated heterocycles. The quantitative estimate of drug-likeness (QED) is 0.430. The Kier molecular flexibility index (Phi) is 7.64. The van der Waals surface area contributed by atoms with E-state index in [2.05, 4.69) is 15.0 Å². The highest BCUT2D eigenvalue weighted by Crippen LogP contribution is 2.25. The number of sulfonamides is 1. The highest BCUT2D eigenvalue weighted by molar-refractivity contribution is 7.92. The van der Waals surface area contributed by atoms with Crippen molar-refractivity contribution in [2.24, 2.45) is 0 Å². The second kappa shape index (κ2) is 10.2. The summed E-state index contributed by atoms with van der Waals surface area (Å²) in [6, 6.07) is 8.92. The van der Waals surface area contributed by atoms with Crippen molar-refractivity contribution in [3.05, 3.63) is 74.9 Å². The van der Waals surface area contributed by atoms with Crippen LogP contribution in [0.4, 0.5) is 10.1 Å². The molecule has 0 spiro atoms. The fraction of sp³-hybridized carbons (Fsp3) is 0.238. The first kappa shape index (κ1) is 23.2. The van der Waals surface area contributed by atoms with Gasteiger partial charge in [0, 0.05) is 28.9 Å². The van der Waals surface area contributed by atoms with E-state index in [0.29, 0.717) is 6.54 Å². The normalized spacial score (nSPS) is 11.3. The summed E-state index contributed by atoms with van der Waals surface area (Å²) in [7, 11) is -4.06. The van der Waals surface area contributed by atoms with Gasteiger partial charge >= 0.3 is 0 Å². The molecule has 0 fully saturated rings. The lowest BCUT2D eigenvalue weighted by Crippen LogP contribution is -2.25. The van der Waals surface area contributed by atoms with Crippen LogP contribution in [0, 0.1) is 12.7 Å². The zero-order valence-corrected chi connectivity index (χ0v) is 19.1. The van der Waals surface area contributed by atoms with Crippen LogP contribution < -0.4 is 10.0 Å². The Hall–Kier alpha value is -2.49. The second-order valence-electron chi connectivity index (χ2n) is 6.85. The van der Waals surface area contributed by atoms with Gasteiger partial charge in [0.1, 0.15) is 10.7 Å². The summed E-state index contributed by atoms with van der Waals surface area (Å²) in [6.45, 7) is 2.41. The summed E-state index contributed by atoms with van der Waals surface area (Å²) in [6.07, 6.45) is 2.51. The van der Waals surface area contributed by atoms with Gasteiger partial charge in [0.05, 0.1) is 10.0 Å². The maximum absolute atomic E-state index is 13.0.